The third kappa shape index (κ3) is 1.33. The van der Waals surface area contributed by atoms with E-state index >= 15 is 0 Å². The maximum atomic E-state index is 5.71. The number of nitrogens with one attached hydrogen (secondary N) is 1. The van der Waals surface area contributed by atoms with Gasteiger partial charge < -0.3 is 9.73 Å². The van der Waals surface area contributed by atoms with E-state index in [0.29, 0.717) is 5.22 Å². The van der Waals surface area contributed by atoms with Gasteiger partial charge in [0.05, 0.1) is 6.26 Å². The lowest BCUT2D eigenvalue weighted by Gasteiger charge is -2.06. The summed E-state index contributed by atoms with van der Waals surface area (Å²) in [4.78, 5) is 0. The molecule has 1 aromatic heterocycles. The minimum absolute atomic E-state index is 0.256. The summed E-state index contributed by atoms with van der Waals surface area (Å²) in [7, 11) is 1.88. The van der Waals surface area contributed by atoms with Crippen molar-refractivity contribution in [3.8, 4) is 0 Å². The molecule has 1 unspecified atom stereocenters. The summed E-state index contributed by atoms with van der Waals surface area (Å²) in [6.45, 7) is 2.02. The van der Waals surface area contributed by atoms with Crippen LogP contribution in [0.2, 0.25) is 5.22 Å². The molecular weight excluding hydrogens is 150 g/mol. The number of halogens is 1. The smallest absolute Gasteiger partial charge is 0.197 e. The largest absolute Gasteiger partial charge is 0.453 e. The molecule has 1 aromatic rings. The summed E-state index contributed by atoms with van der Waals surface area (Å²) in [5.74, 6) is 0. The molecule has 56 valence electrons. The maximum absolute atomic E-state index is 5.71. The van der Waals surface area contributed by atoms with Crippen molar-refractivity contribution in [1.29, 1.82) is 0 Å². The van der Waals surface area contributed by atoms with Crippen molar-refractivity contribution in [1.82, 2.24) is 5.32 Å². The molecule has 0 aliphatic carbocycles. The molecule has 0 saturated carbocycles. The second-order valence-electron chi connectivity index (χ2n) is 2.16. The molecule has 0 saturated heterocycles. The number of hydrogen-bond acceptors (Lipinski definition) is 2. The zero-order valence-electron chi connectivity index (χ0n) is 6.02. The van der Waals surface area contributed by atoms with Gasteiger partial charge in [-0.05, 0) is 31.6 Å². The zero-order valence-corrected chi connectivity index (χ0v) is 6.77. The van der Waals surface area contributed by atoms with Gasteiger partial charge in [-0.15, -0.1) is 0 Å². The maximum Gasteiger partial charge on any atom is 0.197 e. The second-order valence-corrected chi connectivity index (χ2v) is 2.50. The van der Waals surface area contributed by atoms with Crippen molar-refractivity contribution in [2.45, 2.75) is 13.0 Å². The Morgan fingerprint density at radius 2 is 2.40 bits per heavy atom. The highest BCUT2D eigenvalue weighted by Crippen LogP contribution is 2.22. The van der Waals surface area contributed by atoms with Crippen LogP contribution >= 0.6 is 11.6 Å². The van der Waals surface area contributed by atoms with Gasteiger partial charge in [-0.1, -0.05) is 0 Å². The Balaban J connectivity index is 2.82. The Morgan fingerprint density at radius 3 is 2.80 bits per heavy atom. The van der Waals surface area contributed by atoms with Gasteiger partial charge in [0, 0.05) is 11.6 Å². The predicted octanol–water partition coefficient (Wildman–Crippen LogP) is 2.21. The van der Waals surface area contributed by atoms with E-state index in [4.69, 9.17) is 16.0 Å². The van der Waals surface area contributed by atoms with Gasteiger partial charge in [0.15, 0.2) is 5.22 Å². The van der Waals surface area contributed by atoms with Crippen LogP contribution in [-0.4, -0.2) is 7.05 Å². The van der Waals surface area contributed by atoms with Crippen molar-refractivity contribution in [2.24, 2.45) is 0 Å². The van der Waals surface area contributed by atoms with Crippen LogP contribution in [0.1, 0.15) is 18.5 Å². The second kappa shape index (κ2) is 3.08. The van der Waals surface area contributed by atoms with Gasteiger partial charge in [0.25, 0.3) is 0 Å². The molecule has 3 heteroatoms. The molecule has 0 aromatic carbocycles. The van der Waals surface area contributed by atoms with Crippen LogP contribution in [-0.2, 0) is 0 Å². The molecular formula is C7H10ClNO. The van der Waals surface area contributed by atoms with Gasteiger partial charge in [0.2, 0.25) is 0 Å². The van der Waals surface area contributed by atoms with E-state index in [1.165, 1.54) is 0 Å². The van der Waals surface area contributed by atoms with Crippen molar-refractivity contribution >= 4 is 11.6 Å². The average molecular weight is 160 g/mol. The number of furan rings is 1. The van der Waals surface area contributed by atoms with Gasteiger partial charge in [0.1, 0.15) is 0 Å². The normalized spacial score (nSPS) is 13.5. The fourth-order valence-corrected chi connectivity index (χ4v) is 1.05. The van der Waals surface area contributed by atoms with E-state index in [0.717, 1.165) is 5.56 Å². The molecule has 1 heterocycles. The minimum atomic E-state index is 0.256. The summed E-state index contributed by atoms with van der Waals surface area (Å²) in [6.07, 6.45) is 1.59. The highest BCUT2D eigenvalue weighted by atomic mass is 35.5. The first-order chi connectivity index (χ1) is 4.75. The highest BCUT2D eigenvalue weighted by molar-refractivity contribution is 6.29. The first-order valence-electron chi connectivity index (χ1n) is 3.16. The fraction of sp³-hybridized carbons (Fsp3) is 0.429. The fourth-order valence-electron chi connectivity index (χ4n) is 0.771. The average Bonchev–Trinajstić information content (AvgIpc) is 2.34. The van der Waals surface area contributed by atoms with E-state index < -0.39 is 0 Å². The summed E-state index contributed by atoms with van der Waals surface area (Å²) >= 11 is 5.71. The van der Waals surface area contributed by atoms with Gasteiger partial charge in [-0.3, -0.25) is 0 Å². The van der Waals surface area contributed by atoms with Crippen LogP contribution < -0.4 is 5.32 Å². The Labute approximate surface area is 65.2 Å². The number of hydrogen-bond donors (Lipinski definition) is 1. The molecule has 0 bridgehead atoms. The standard InChI is InChI=1S/C7H10ClNO/c1-5(9-2)6-3-4-10-7(6)8/h3-5,9H,1-2H3. The summed E-state index contributed by atoms with van der Waals surface area (Å²) in [5, 5.41) is 3.54. The first kappa shape index (κ1) is 7.63. The van der Waals surface area contributed by atoms with E-state index in [-0.39, 0.29) is 6.04 Å². The Kier molecular flexibility index (Phi) is 2.35. The van der Waals surface area contributed by atoms with E-state index in [1.54, 1.807) is 6.26 Å². The van der Waals surface area contributed by atoms with Crippen molar-refractivity contribution in [2.75, 3.05) is 7.05 Å². The molecule has 1 N–H and O–H groups in total. The molecule has 0 aliphatic rings. The molecule has 0 fully saturated rings. The molecule has 1 rings (SSSR count). The third-order valence-electron chi connectivity index (χ3n) is 1.55. The van der Waals surface area contributed by atoms with Crippen LogP contribution in [0.3, 0.4) is 0 Å². The molecule has 0 amide bonds. The van der Waals surface area contributed by atoms with Crippen LogP contribution in [0.25, 0.3) is 0 Å². The monoisotopic (exact) mass is 159 g/mol. The molecule has 0 spiro atoms. The Hall–Kier alpha value is -0.470. The van der Waals surface area contributed by atoms with Crippen molar-refractivity contribution < 1.29 is 4.42 Å². The lowest BCUT2D eigenvalue weighted by molar-refractivity contribution is 0.556. The summed E-state index contributed by atoms with van der Waals surface area (Å²) < 4.78 is 4.91. The highest BCUT2D eigenvalue weighted by Gasteiger charge is 2.08. The number of rotatable bonds is 2. The van der Waals surface area contributed by atoms with Crippen molar-refractivity contribution in [3.63, 3.8) is 0 Å². The molecule has 0 aliphatic heterocycles. The lowest BCUT2D eigenvalue weighted by Crippen LogP contribution is -2.11. The van der Waals surface area contributed by atoms with Gasteiger partial charge >= 0.3 is 0 Å². The Morgan fingerprint density at radius 1 is 1.70 bits per heavy atom. The van der Waals surface area contributed by atoms with E-state index in [1.807, 2.05) is 20.0 Å². The van der Waals surface area contributed by atoms with E-state index in [9.17, 15) is 0 Å². The van der Waals surface area contributed by atoms with Crippen LogP contribution in [0.4, 0.5) is 0 Å². The predicted molar refractivity (Wildman–Crippen MR) is 41.2 cm³/mol. The lowest BCUT2D eigenvalue weighted by atomic mass is 10.2. The summed E-state index contributed by atoms with van der Waals surface area (Å²) in [5.41, 5.74) is 1.00. The van der Waals surface area contributed by atoms with Crippen LogP contribution in [0.5, 0.6) is 0 Å². The molecule has 0 radical (unpaired) electrons. The zero-order chi connectivity index (χ0) is 7.56. The minimum Gasteiger partial charge on any atom is -0.453 e. The molecule has 2 nitrogen and oxygen atoms in total. The molecule has 1 atom stereocenters. The Bertz CT molecular complexity index is 209. The van der Waals surface area contributed by atoms with Gasteiger partial charge in [-0.2, -0.15) is 0 Å². The van der Waals surface area contributed by atoms with Gasteiger partial charge in [-0.25, -0.2) is 0 Å². The third-order valence-corrected chi connectivity index (χ3v) is 1.85. The summed E-state index contributed by atoms with van der Waals surface area (Å²) in [6, 6.07) is 2.12. The SMILES string of the molecule is CNC(C)c1ccoc1Cl. The first-order valence-corrected chi connectivity index (χ1v) is 3.53. The topological polar surface area (TPSA) is 25.2 Å². The van der Waals surface area contributed by atoms with Crippen molar-refractivity contribution in [3.05, 3.63) is 23.1 Å². The van der Waals surface area contributed by atoms with E-state index in [2.05, 4.69) is 5.32 Å². The molecule has 10 heavy (non-hydrogen) atoms. The van der Waals surface area contributed by atoms with Crippen LogP contribution in [0, 0.1) is 0 Å². The van der Waals surface area contributed by atoms with Crippen LogP contribution in [0.15, 0.2) is 16.7 Å². The quantitative estimate of drug-likeness (QED) is 0.716.